The molecule has 0 rings (SSSR count). The van der Waals surface area contributed by atoms with E-state index in [0.717, 1.165) is 57.8 Å². The van der Waals surface area contributed by atoms with Crippen LogP contribution in [-0.4, -0.2) is 75.5 Å². The van der Waals surface area contributed by atoms with Crippen LogP contribution < -0.4 is 5.11 Å². The lowest BCUT2D eigenvalue weighted by atomic mass is 10.0. The summed E-state index contributed by atoms with van der Waals surface area (Å²) < 4.78 is 17.2. The molecule has 0 aromatic heterocycles. The minimum atomic E-state index is -1.12. The number of esters is 2. The van der Waals surface area contributed by atoms with Crippen LogP contribution in [0.15, 0.2) is 36.5 Å². The van der Waals surface area contributed by atoms with Crippen molar-refractivity contribution in [2.24, 2.45) is 0 Å². The fourth-order valence-corrected chi connectivity index (χ4v) is 6.56. The van der Waals surface area contributed by atoms with E-state index >= 15 is 0 Å². The van der Waals surface area contributed by atoms with Gasteiger partial charge in [-0.15, -0.1) is 0 Å². The van der Waals surface area contributed by atoms with E-state index in [-0.39, 0.29) is 42.7 Å². The molecule has 0 amide bonds. The molecule has 320 valence electrons. The van der Waals surface area contributed by atoms with Gasteiger partial charge in [-0.3, -0.25) is 9.59 Å². The molecule has 0 aliphatic heterocycles. The van der Waals surface area contributed by atoms with Crippen molar-refractivity contribution in [1.29, 1.82) is 0 Å². The highest BCUT2D eigenvalue weighted by molar-refractivity contribution is 5.70. The first-order chi connectivity index (χ1) is 26.6. The summed E-state index contributed by atoms with van der Waals surface area (Å²) in [6, 6.07) is -0.724. The average Bonchev–Trinajstić information content (AvgIpc) is 3.14. The summed E-state index contributed by atoms with van der Waals surface area (Å²) in [6.45, 7) is 4.55. The van der Waals surface area contributed by atoms with Gasteiger partial charge in [0.05, 0.1) is 40.3 Å². The van der Waals surface area contributed by atoms with Gasteiger partial charge in [-0.05, 0) is 44.9 Å². The maximum atomic E-state index is 12.7. The molecule has 2 atom stereocenters. The maximum absolute atomic E-state index is 12.7. The molecule has 0 aromatic rings. The molecule has 55 heavy (non-hydrogen) atoms. The molecule has 0 heterocycles. The third kappa shape index (κ3) is 36.9. The van der Waals surface area contributed by atoms with Gasteiger partial charge >= 0.3 is 11.9 Å². The number of aliphatic carboxylic acids is 1. The summed E-state index contributed by atoms with van der Waals surface area (Å²) >= 11 is 0. The Balaban J connectivity index is 4.27. The quantitative estimate of drug-likeness (QED) is 0.0264. The number of nitrogens with zero attached hydrogens (tertiary/aromatic N) is 1. The van der Waals surface area contributed by atoms with E-state index in [1.807, 2.05) is 0 Å². The van der Waals surface area contributed by atoms with Gasteiger partial charge in [0.2, 0.25) is 0 Å². The predicted molar refractivity (Wildman–Crippen MR) is 227 cm³/mol. The molecule has 0 aliphatic carbocycles. The van der Waals surface area contributed by atoms with Gasteiger partial charge < -0.3 is 28.6 Å². The highest BCUT2D eigenvalue weighted by Gasteiger charge is 2.25. The fourth-order valence-electron chi connectivity index (χ4n) is 6.56. The first-order valence-electron chi connectivity index (χ1n) is 22.5. The predicted octanol–water partition coefficient (Wildman–Crippen LogP) is 10.9. The second kappa shape index (κ2) is 38.4. The number of rotatable bonds is 40. The number of carboxylic acids is 1. The Labute approximate surface area is 338 Å². The number of carbonyl (C=O) groups excluding carboxylic acids is 3. The number of allylic oxidation sites excluding steroid dienone is 6. The van der Waals surface area contributed by atoms with Crippen molar-refractivity contribution < 1.29 is 38.2 Å². The van der Waals surface area contributed by atoms with Gasteiger partial charge in [0.1, 0.15) is 12.6 Å². The zero-order valence-electron chi connectivity index (χ0n) is 36.3. The first kappa shape index (κ1) is 52.6. The maximum Gasteiger partial charge on any atom is 0.306 e. The van der Waals surface area contributed by atoms with Crippen molar-refractivity contribution in [1.82, 2.24) is 0 Å². The highest BCUT2D eigenvalue weighted by Crippen LogP contribution is 2.15. The van der Waals surface area contributed by atoms with E-state index in [0.29, 0.717) is 12.8 Å². The van der Waals surface area contributed by atoms with E-state index in [2.05, 4.69) is 50.3 Å². The number of unbranched alkanes of at least 4 members (excludes halogenated alkanes) is 20. The summed E-state index contributed by atoms with van der Waals surface area (Å²) in [6.07, 6.45) is 43.1. The lowest BCUT2D eigenvalue weighted by Gasteiger charge is -2.34. The van der Waals surface area contributed by atoms with Crippen LogP contribution in [0.4, 0.5) is 0 Å². The molecule has 0 fully saturated rings. The Hall–Kier alpha value is -2.45. The third-order valence-corrected chi connectivity index (χ3v) is 10.0. The van der Waals surface area contributed by atoms with Crippen molar-refractivity contribution in [2.75, 3.05) is 41.0 Å². The Morgan fingerprint density at radius 1 is 0.564 bits per heavy atom. The molecule has 0 saturated heterocycles. The van der Waals surface area contributed by atoms with Crippen LogP contribution in [0.25, 0.3) is 0 Å². The number of ether oxygens (including phenoxy) is 3. The minimum absolute atomic E-state index is 0.0418. The molecular weight excluding hydrogens is 691 g/mol. The smallest absolute Gasteiger partial charge is 0.306 e. The van der Waals surface area contributed by atoms with Crippen molar-refractivity contribution in [3.63, 3.8) is 0 Å². The summed E-state index contributed by atoms with van der Waals surface area (Å²) in [7, 11) is 5.41. The normalized spacial score (nSPS) is 13.3. The van der Waals surface area contributed by atoms with Crippen molar-refractivity contribution in [2.45, 2.75) is 206 Å². The molecule has 2 unspecified atom stereocenters. The molecule has 0 saturated carbocycles. The van der Waals surface area contributed by atoms with Gasteiger partial charge in [-0.1, -0.05) is 166 Å². The number of likely N-dealkylation sites (N-methyl/N-ethyl adjacent to an activating group) is 1. The summed E-state index contributed by atoms with van der Waals surface area (Å²) in [5.41, 5.74) is 0. The van der Waals surface area contributed by atoms with Crippen LogP contribution in [0, 0.1) is 0 Å². The number of carboxylic acid groups (broad SMARTS) is 1. The summed E-state index contributed by atoms with van der Waals surface area (Å²) in [4.78, 5) is 36.8. The Morgan fingerprint density at radius 3 is 1.51 bits per heavy atom. The van der Waals surface area contributed by atoms with E-state index in [1.54, 1.807) is 21.1 Å². The van der Waals surface area contributed by atoms with Crippen LogP contribution in [-0.2, 0) is 28.6 Å². The number of hydrogen-bond donors (Lipinski definition) is 0. The molecule has 0 bridgehead atoms. The average molecular weight is 776 g/mol. The van der Waals surface area contributed by atoms with Gasteiger partial charge in [0, 0.05) is 19.3 Å². The van der Waals surface area contributed by atoms with Gasteiger partial charge in [-0.2, -0.15) is 0 Å². The van der Waals surface area contributed by atoms with Crippen LogP contribution >= 0.6 is 0 Å². The summed E-state index contributed by atoms with van der Waals surface area (Å²) in [5.74, 6) is -1.73. The van der Waals surface area contributed by atoms with E-state index in [4.69, 9.17) is 14.2 Å². The standard InChI is InChI=1S/C47H85NO7/c1-6-8-10-12-14-16-18-19-20-21-22-23-24-25-26-28-30-32-34-36-38-46(50)55-43(41-53-40-39-44(47(51)52)48(3,4)5)42-54-45(49)37-35-33-31-29-27-17-15-13-11-9-7-2/h8,10,14,16,19-20,43-44H,6-7,9,11-13,15,17-18,21-42H2,1-5H3/b10-8+,16-14+,20-19+. The molecule has 0 aliphatic rings. The SMILES string of the molecule is CC/C=C/C/C=C/C/C=C/CCCCCCCCCCCCC(=O)OC(COCCC(C(=O)[O-])[N+](C)(C)C)COC(=O)CCCCCCCCCCCCC. The van der Waals surface area contributed by atoms with Crippen LogP contribution in [0.3, 0.4) is 0 Å². The molecule has 8 heteroatoms. The molecule has 0 radical (unpaired) electrons. The molecular formula is C47H85NO7. The minimum Gasteiger partial charge on any atom is -0.544 e. The first-order valence-corrected chi connectivity index (χ1v) is 22.5. The highest BCUT2D eigenvalue weighted by atomic mass is 16.6. The van der Waals surface area contributed by atoms with Crippen LogP contribution in [0.1, 0.15) is 194 Å². The molecule has 0 spiro atoms. The topological polar surface area (TPSA) is 102 Å². The second-order valence-corrected chi connectivity index (χ2v) is 16.3. The van der Waals surface area contributed by atoms with Crippen molar-refractivity contribution in [3.05, 3.63) is 36.5 Å². The van der Waals surface area contributed by atoms with Crippen molar-refractivity contribution in [3.8, 4) is 0 Å². The molecule has 0 aromatic carbocycles. The lowest BCUT2D eigenvalue weighted by molar-refractivity contribution is -0.889. The zero-order chi connectivity index (χ0) is 40.7. The van der Waals surface area contributed by atoms with Gasteiger partial charge in [0.15, 0.2) is 6.10 Å². The van der Waals surface area contributed by atoms with E-state index in [9.17, 15) is 19.5 Å². The number of carbonyl (C=O) groups is 3. The summed E-state index contributed by atoms with van der Waals surface area (Å²) in [5, 5.41) is 11.6. The Bertz CT molecular complexity index is 1000. The van der Waals surface area contributed by atoms with Crippen molar-refractivity contribution >= 4 is 17.9 Å². The second-order valence-electron chi connectivity index (χ2n) is 16.3. The van der Waals surface area contributed by atoms with E-state index in [1.165, 1.54) is 103 Å². The monoisotopic (exact) mass is 776 g/mol. The van der Waals surface area contributed by atoms with Crippen LogP contribution in [0.2, 0.25) is 0 Å². The Morgan fingerprint density at radius 2 is 1.02 bits per heavy atom. The largest absolute Gasteiger partial charge is 0.544 e. The molecule has 8 nitrogen and oxygen atoms in total. The fraction of sp³-hybridized carbons (Fsp3) is 0.809. The number of hydrogen-bond acceptors (Lipinski definition) is 7. The number of quaternary nitrogens is 1. The Kier molecular flexibility index (Phi) is 36.7. The van der Waals surface area contributed by atoms with Gasteiger partial charge in [-0.25, -0.2) is 0 Å². The van der Waals surface area contributed by atoms with E-state index < -0.39 is 18.1 Å². The molecule has 0 N–H and O–H groups in total. The van der Waals surface area contributed by atoms with Crippen LogP contribution in [0.5, 0.6) is 0 Å². The zero-order valence-corrected chi connectivity index (χ0v) is 36.3. The third-order valence-electron chi connectivity index (χ3n) is 10.0. The van der Waals surface area contributed by atoms with Gasteiger partial charge in [0.25, 0.3) is 0 Å². The lowest BCUT2D eigenvalue weighted by Crippen LogP contribution is -2.55.